The van der Waals surface area contributed by atoms with E-state index in [-0.39, 0.29) is 22.6 Å². The van der Waals surface area contributed by atoms with Gasteiger partial charge in [0.2, 0.25) is 0 Å². The Bertz CT molecular complexity index is 687. The van der Waals surface area contributed by atoms with Gasteiger partial charge in [-0.2, -0.15) is 0 Å². The molecule has 0 radical (unpaired) electrons. The number of carbonyl (C=O) groups is 1. The van der Waals surface area contributed by atoms with E-state index in [0.717, 1.165) is 6.07 Å². The van der Waals surface area contributed by atoms with E-state index in [0.29, 0.717) is 4.47 Å². The van der Waals surface area contributed by atoms with Crippen LogP contribution >= 0.6 is 15.9 Å². The van der Waals surface area contributed by atoms with Gasteiger partial charge >= 0.3 is 5.97 Å². The summed E-state index contributed by atoms with van der Waals surface area (Å²) in [5.74, 6) is -1.99. The van der Waals surface area contributed by atoms with E-state index in [1.54, 1.807) is 6.07 Å². The number of nitrogen functional groups attached to an aromatic ring is 1. The molecule has 21 heavy (non-hydrogen) atoms. The summed E-state index contributed by atoms with van der Waals surface area (Å²) >= 11 is 3.16. The minimum Gasteiger partial charge on any atom is -0.465 e. The third kappa shape index (κ3) is 3.13. The van der Waals surface area contributed by atoms with Gasteiger partial charge in [-0.15, -0.1) is 0 Å². The maximum absolute atomic E-state index is 13.9. The molecule has 3 N–H and O–H groups in total. The fraction of sp³-hybridized carbons (Fsp3) is 0.0714. The van der Waals surface area contributed by atoms with Crippen molar-refractivity contribution in [2.75, 3.05) is 18.2 Å². The number of esters is 1. The average molecular weight is 357 g/mol. The van der Waals surface area contributed by atoms with E-state index >= 15 is 0 Å². The molecule has 0 saturated heterocycles. The van der Waals surface area contributed by atoms with Crippen molar-refractivity contribution < 1.29 is 18.3 Å². The molecule has 0 aliphatic carbocycles. The van der Waals surface area contributed by atoms with E-state index in [4.69, 9.17) is 5.73 Å². The van der Waals surface area contributed by atoms with Crippen molar-refractivity contribution in [3.63, 3.8) is 0 Å². The van der Waals surface area contributed by atoms with Crippen LogP contribution in [-0.2, 0) is 4.74 Å². The molecule has 0 spiro atoms. The molecule has 2 aromatic rings. The highest BCUT2D eigenvalue weighted by molar-refractivity contribution is 9.10. The second-order valence-corrected chi connectivity index (χ2v) is 4.99. The largest absolute Gasteiger partial charge is 0.465 e. The molecule has 0 saturated carbocycles. The highest BCUT2D eigenvalue weighted by atomic mass is 79.9. The van der Waals surface area contributed by atoms with Crippen molar-refractivity contribution in [3.05, 3.63) is 52.0 Å². The Balaban J connectivity index is 2.47. The summed E-state index contributed by atoms with van der Waals surface area (Å²) in [6.45, 7) is 0. The summed E-state index contributed by atoms with van der Waals surface area (Å²) < 4.78 is 32.6. The highest BCUT2D eigenvalue weighted by Crippen LogP contribution is 2.31. The molecule has 4 nitrogen and oxygen atoms in total. The Morgan fingerprint density at radius 3 is 2.62 bits per heavy atom. The van der Waals surface area contributed by atoms with Gasteiger partial charge in [0, 0.05) is 10.2 Å². The molecule has 0 fully saturated rings. The average Bonchev–Trinajstić information content (AvgIpc) is 2.44. The summed E-state index contributed by atoms with van der Waals surface area (Å²) in [6.07, 6.45) is 0. The van der Waals surface area contributed by atoms with Gasteiger partial charge in [0.1, 0.15) is 11.6 Å². The Kier molecular flexibility index (Phi) is 4.42. The number of carbonyl (C=O) groups excluding carboxylic acids is 1. The molecular formula is C14H11BrF2N2O2. The summed E-state index contributed by atoms with van der Waals surface area (Å²) in [4.78, 5) is 11.5. The first-order chi connectivity index (χ1) is 9.93. The van der Waals surface area contributed by atoms with Gasteiger partial charge in [0.15, 0.2) is 0 Å². The monoisotopic (exact) mass is 356 g/mol. The molecule has 2 aromatic carbocycles. The molecule has 0 aliphatic heterocycles. The lowest BCUT2D eigenvalue weighted by Crippen LogP contribution is -2.08. The molecule has 0 bridgehead atoms. The quantitative estimate of drug-likeness (QED) is 0.647. The molecular weight excluding hydrogens is 346 g/mol. The van der Waals surface area contributed by atoms with Crippen LogP contribution in [0.1, 0.15) is 10.4 Å². The standard InChI is InChI=1S/C14H11BrF2N2O2/c1-21-14(20)7-5-12(10(17)6-11(7)18)19-13-8(15)3-2-4-9(13)16/h2-6,19H,18H2,1H3. The maximum atomic E-state index is 13.9. The zero-order chi connectivity index (χ0) is 15.6. The topological polar surface area (TPSA) is 64.3 Å². The van der Waals surface area contributed by atoms with Crippen molar-refractivity contribution in [2.24, 2.45) is 0 Å². The third-order valence-electron chi connectivity index (χ3n) is 2.77. The van der Waals surface area contributed by atoms with E-state index in [9.17, 15) is 13.6 Å². The lowest BCUT2D eigenvalue weighted by Gasteiger charge is -2.13. The smallest absolute Gasteiger partial charge is 0.340 e. The van der Waals surface area contributed by atoms with Crippen LogP contribution in [0.3, 0.4) is 0 Å². The molecule has 110 valence electrons. The molecule has 0 unspecified atom stereocenters. The van der Waals surface area contributed by atoms with Crippen LogP contribution in [0.5, 0.6) is 0 Å². The zero-order valence-corrected chi connectivity index (χ0v) is 12.5. The van der Waals surface area contributed by atoms with Crippen molar-refractivity contribution in [1.82, 2.24) is 0 Å². The van der Waals surface area contributed by atoms with Gasteiger partial charge in [-0.05, 0) is 40.2 Å². The number of nitrogens with one attached hydrogen (secondary N) is 1. The van der Waals surface area contributed by atoms with Crippen LogP contribution in [0.15, 0.2) is 34.8 Å². The minimum absolute atomic E-state index is 0.00568. The second-order valence-electron chi connectivity index (χ2n) is 4.13. The number of benzene rings is 2. The van der Waals surface area contributed by atoms with Gasteiger partial charge in [0.05, 0.1) is 24.0 Å². The summed E-state index contributed by atoms with van der Waals surface area (Å²) in [7, 11) is 1.19. The number of methoxy groups -OCH3 is 1. The predicted octanol–water partition coefficient (Wildman–Crippen LogP) is 3.84. The summed E-state index contributed by atoms with van der Waals surface area (Å²) in [5, 5.41) is 2.60. The van der Waals surface area contributed by atoms with Crippen LogP contribution in [-0.4, -0.2) is 13.1 Å². The van der Waals surface area contributed by atoms with Gasteiger partial charge in [-0.3, -0.25) is 0 Å². The van der Waals surface area contributed by atoms with Crippen LogP contribution in [0.4, 0.5) is 25.8 Å². The number of rotatable bonds is 3. The van der Waals surface area contributed by atoms with Gasteiger partial charge in [0.25, 0.3) is 0 Å². The molecule has 0 atom stereocenters. The lowest BCUT2D eigenvalue weighted by molar-refractivity contribution is 0.0602. The van der Waals surface area contributed by atoms with E-state index in [1.165, 1.54) is 25.3 Å². The fourth-order valence-corrected chi connectivity index (χ4v) is 2.16. The number of nitrogens with two attached hydrogens (primary N) is 1. The third-order valence-corrected chi connectivity index (χ3v) is 3.43. The predicted molar refractivity (Wildman–Crippen MR) is 79.5 cm³/mol. The first-order valence-electron chi connectivity index (χ1n) is 5.82. The zero-order valence-electron chi connectivity index (χ0n) is 10.9. The number of anilines is 3. The SMILES string of the molecule is COC(=O)c1cc(Nc2c(F)cccc2Br)c(F)cc1N. The normalized spacial score (nSPS) is 10.3. The number of hydrogen-bond donors (Lipinski definition) is 2. The van der Waals surface area contributed by atoms with Crippen LogP contribution < -0.4 is 11.1 Å². The Morgan fingerprint density at radius 1 is 1.29 bits per heavy atom. The van der Waals surface area contributed by atoms with E-state index in [1.807, 2.05) is 0 Å². The van der Waals surface area contributed by atoms with Crippen LogP contribution in [0.2, 0.25) is 0 Å². The molecule has 0 aliphatic rings. The number of para-hydroxylation sites is 1. The Morgan fingerprint density at radius 2 is 2.00 bits per heavy atom. The minimum atomic E-state index is -0.713. The van der Waals surface area contributed by atoms with Gasteiger partial charge in [-0.25, -0.2) is 13.6 Å². The van der Waals surface area contributed by atoms with Crippen LogP contribution in [0.25, 0.3) is 0 Å². The Hall–Kier alpha value is -2.15. The van der Waals surface area contributed by atoms with Gasteiger partial charge in [-0.1, -0.05) is 6.07 Å². The van der Waals surface area contributed by atoms with E-state index in [2.05, 4.69) is 26.0 Å². The van der Waals surface area contributed by atoms with E-state index < -0.39 is 17.6 Å². The highest BCUT2D eigenvalue weighted by Gasteiger charge is 2.16. The van der Waals surface area contributed by atoms with Crippen molar-refractivity contribution in [1.29, 1.82) is 0 Å². The molecule has 0 heterocycles. The molecule has 2 rings (SSSR count). The molecule has 7 heteroatoms. The summed E-state index contributed by atoms with van der Waals surface area (Å²) in [5.41, 5.74) is 5.47. The first-order valence-corrected chi connectivity index (χ1v) is 6.61. The number of ether oxygens (including phenoxy) is 1. The number of halogens is 3. The van der Waals surface area contributed by atoms with Crippen molar-refractivity contribution in [2.45, 2.75) is 0 Å². The van der Waals surface area contributed by atoms with Gasteiger partial charge < -0.3 is 15.8 Å². The number of hydrogen-bond acceptors (Lipinski definition) is 4. The van der Waals surface area contributed by atoms with Crippen molar-refractivity contribution >= 4 is 39.0 Å². The second kappa shape index (κ2) is 6.09. The maximum Gasteiger partial charge on any atom is 0.340 e. The molecule has 0 aromatic heterocycles. The van der Waals surface area contributed by atoms with Crippen molar-refractivity contribution in [3.8, 4) is 0 Å². The Labute approximate surface area is 128 Å². The van der Waals surface area contributed by atoms with Crippen LogP contribution in [0, 0.1) is 11.6 Å². The molecule has 0 amide bonds. The summed E-state index contributed by atoms with van der Waals surface area (Å²) in [6, 6.07) is 6.48. The first kappa shape index (κ1) is 15.2. The fourth-order valence-electron chi connectivity index (χ4n) is 1.72. The lowest BCUT2D eigenvalue weighted by atomic mass is 10.1.